The Labute approximate surface area is 103 Å². The van der Waals surface area contributed by atoms with Crippen LogP contribution in [0.1, 0.15) is 23.0 Å². The summed E-state index contributed by atoms with van der Waals surface area (Å²) in [7, 11) is 0. The van der Waals surface area contributed by atoms with Gasteiger partial charge >= 0.3 is 5.97 Å². The van der Waals surface area contributed by atoms with Gasteiger partial charge in [0, 0.05) is 5.02 Å². The molecule has 0 amide bonds. The number of nitrogens with zero attached hydrogens (tertiary/aromatic N) is 2. The summed E-state index contributed by atoms with van der Waals surface area (Å²) in [5.41, 5.74) is 1.66. The molecule has 17 heavy (non-hydrogen) atoms. The normalized spacial score (nSPS) is 10.5. The Morgan fingerprint density at radius 1 is 1.53 bits per heavy atom. The van der Waals surface area contributed by atoms with E-state index in [0.717, 1.165) is 5.69 Å². The molecule has 4 nitrogen and oxygen atoms in total. The molecule has 0 saturated heterocycles. The molecular weight excluding hydrogens is 240 g/mol. The van der Waals surface area contributed by atoms with Crippen LogP contribution in [0.4, 0.5) is 0 Å². The molecule has 0 atom stereocenters. The number of aromatic nitrogens is 2. The lowest BCUT2D eigenvalue weighted by atomic mass is 10.2. The first kappa shape index (κ1) is 11.7. The van der Waals surface area contributed by atoms with Crippen molar-refractivity contribution in [3.8, 4) is 5.69 Å². The fraction of sp³-hybridized carbons (Fsp3) is 0.167. The molecule has 0 saturated carbocycles. The Morgan fingerprint density at radius 2 is 2.29 bits per heavy atom. The monoisotopic (exact) mass is 250 g/mol. The predicted molar refractivity (Wildman–Crippen MR) is 64.9 cm³/mol. The average Bonchev–Trinajstić information content (AvgIpc) is 2.72. The van der Waals surface area contributed by atoms with Gasteiger partial charge in [0.25, 0.3) is 0 Å². The third-order valence-corrected chi connectivity index (χ3v) is 2.72. The highest BCUT2D eigenvalue weighted by Gasteiger charge is 2.15. The second kappa shape index (κ2) is 4.59. The maximum absolute atomic E-state index is 11.0. The van der Waals surface area contributed by atoms with E-state index in [1.165, 1.54) is 6.20 Å². The van der Waals surface area contributed by atoms with Crippen LogP contribution >= 0.6 is 11.6 Å². The zero-order valence-electron chi connectivity index (χ0n) is 9.22. The van der Waals surface area contributed by atoms with E-state index in [1.54, 1.807) is 22.9 Å². The summed E-state index contributed by atoms with van der Waals surface area (Å²) >= 11 is 5.90. The molecule has 0 fully saturated rings. The van der Waals surface area contributed by atoms with Crippen LogP contribution in [0.2, 0.25) is 5.02 Å². The van der Waals surface area contributed by atoms with Crippen LogP contribution in [0.15, 0.2) is 30.5 Å². The third kappa shape index (κ3) is 2.17. The molecule has 1 N–H and O–H groups in total. The standard InChI is InChI=1S/C12H11ClN2O2/c1-2-11-10(12(16)17)7-14-15(11)9-5-3-4-8(13)6-9/h3-7H,2H2,1H3,(H,16,17). The van der Waals surface area contributed by atoms with Crippen molar-refractivity contribution in [1.29, 1.82) is 0 Å². The summed E-state index contributed by atoms with van der Waals surface area (Å²) < 4.78 is 1.61. The number of hydrogen-bond acceptors (Lipinski definition) is 2. The van der Waals surface area contributed by atoms with Crippen molar-refractivity contribution in [2.45, 2.75) is 13.3 Å². The van der Waals surface area contributed by atoms with Crippen molar-refractivity contribution >= 4 is 17.6 Å². The number of carbonyl (C=O) groups is 1. The minimum atomic E-state index is -0.963. The lowest BCUT2D eigenvalue weighted by Crippen LogP contribution is -2.05. The van der Waals surface area contributed by atoms with Gasteiger partial charge in [0.1, 0.15) is 5.56 Å². The third-order valence-electron chi connectivity index (χ3n) is 2.49. The highest BCUT2D eigenvalue weighted by molar-refractivity contribution is 6.30. The number of aromatic carboxylic acids is 1. The molecule has 0 aliphatic carbocycles. The Morgan fingerprint density at radius 3 is 2.88 bits per heavy atom. The van der Waals surface area contributed by atoms with Crippen LogP contribution in [-0.2, 0) is 6.42 Å². The molecule has 0 aliphatic rings. The van der Waals surface area contributed by atoms with Gasteiger partial charge in [-0.05, 0) is 24.6 Å². The topological polar surface area (TPSA) is 55.1 Å². The zero-order valence-corrected chi connectivity index (χ0v) is 9.98. The largest absolute Gasteiger partial charge is 0.478 e. The molecule has 2 rings (SSSR count). The first-order valence-corrected chi connectivity index (χ1v) is 5.57. The van der Waals surface area contributed by atoms with E-state index < -0.39 is 5.97 Å². The molecule has 2 aromatic rings. The van der Waals surface area contributed by atoms with E-state index in [4.69, 9.17) is 16.7 Å². The molecule has 0 aliphatic heterocycles. The van der Waals surface area contributed by atoms with Crippen LogP contribution < -0.4 is 0 Å². The number of hydrogen-bond donors (Lipinski definition) is 1. The summed E-state index contributed by atoms with van der Waals surface area (Å²) in [4.78, 5) is 11.0. The fourth-order valence-corrected chi connectivity index (χ4v) is 1.91. The SMILES string of the molecule is CCc1c(C(=O)O)cnn1-c1cccc(Cl)c1. The van der Waals surface area contributed by atoms with Gasteiger partial charge < -0.3 is 5.11 Å². The van der Waals surface area contributed by atoms with Gasteiger partial charge in [-0.1, -0.05) is 24.6 Å². The quantitative estimate of drug-likeness (QED) is 0.911. The van der Waals surface area contributed by atoms with Crippen molar-refractivity contribution < 1.29 is 9.90 Å². The van der Waals surface area contributed by atoms with Crippen molar-refractivity contribution in [1.82, 2.24) is 9.78 Å². The van der Waals surface area contributed by atoms with Gasteiger partial charge in [0.05, 0.1) is 17.6 Å². The number of rotatable bonds is 3. The van der Waals surface area contributed by atoms with Crippen molar-refractivity contribution in [2.24, 2.45) is 0 Å². The van der Waals surface area contributed by atoms with Gasteiger partial charge in [-0.25, -0.2) is 9.48 Å². The molecule has 0 radical (unpaired) electrons. The molecule has 0 bridgehead atoms. The summed E-state index contributed by atoms with van der Waals surface area (Å²) in [6.07, 6.45) is 1.95. The smallest absolute Gasteiger partial charge is 0.339 e. The first-order chi connectivity index (χ1) is 8.13. The lowest BCUT2D eigenvalue weighted by Gasteiger charge is -2.06. The highest BCUT2D eigenvalue weighted by Crippen LogP contribution is 2.18. The van der Waals surface area contributed by atoms with Crippen LogP contribution in [0.25, 0.3) is 5.69 Å². The molecular formula is C12H11ClN2O2. The van der Waals surface area contributed by atoms with E-state index in [-0.39, 0.29) is 5.56 Å². The van der Waals surface area contributed by atoms with Gasteiger partial charge in [-0.15, -0.1) is 0 Å². The fourth-order valence-electron chi connectivity index (χ4n) is 1.72. The van der Waals surface area contributed by atoms with E-state index in [0.29, 0.717) is 17.1 Å². The molecule has 1 aromatic heterocycles. The second-order valence-corrected chi connectivity index (χ2v) is 3.99. The molecule has 1 heterocycles. The molecule has 0 unspecified atom stereocenters. The van der Waals surface area contributed by atoms with Gasteiger partial charge in [-0.2, -0.15) is 5.10 Å². The maximum Gasteiger partial charge on any atom is 0.339 e. The number of halogens is 1. The average molecular weight is 251 g/mol. The van der Waals surface area contributed by atoms with Crippen LogP contribution in [-0.4, -0.2) is 20.9 Å². The summed E-state index contributed by atoms with van der Waals surface area (Å²) in [6, 6.07) is 7.15. The molecule has 88 valence electrons. The predicted octanol–water partition coefficient (Wildman–Crippen LogP) is 2.79. The molecule has 5 heteroatoms. The van der Waals surface area contributed by atoms with Gasteiger partial charge in [-0.3, -0.25) is 0 Å². The van der Waals surface area contributed by atoms with Crippen LogP contribution in [0.3, 0.4) is 0 Å². The Hall–Kier alpha value is -1.81. The highest BCUT2D eigenvalue weighted by atomic mass is 35.5. The van der Waals surface area contributed by atoms with Crippen molar-refractivity contribution in [2.75, 3.05) is 0 Å². The molecule has 1 aromatic carbocycles. The van der Waals surface area contributed by atoms with E-state index in [2.05, 4.69) is 5.10 Å². The van der Waals surface area contributed by atoms with Gasteiger partial charge in [0.15, 0.2) is 0 Å². The van der Waals surface area contributed by atoms with Gasteiger partial charge in [0.2, 0.25) is 0 Å². The Bertz CT molecular complexity index is 563. The summed E-state index contributed by atoms with van der Waals surface area (Å²) in [5.74, 6) is -0.963. The van der Waals surface area contributed by atoms with Crippen LogP contribution in [0, 0.1) is 0 Å². The zero-order chi connectivity index (χ0) is 12.4. The summed E-state index contributed by atoms with van der Waals surface area (Å²) in [6.45, 7) is 1.89. The number of carboxylic acid groups (broad SMARTS) is 1. The maximum atomic E-state index is 11.0. The second-order valence-electron chi connectivity index (χ2n) is 3.56. The summed E-state index contributed by atoms with van der Waals surface area (Å²) in [5, 5.41) is 13.7. The van der Waals surface area contributed by atoms with E-state index in [1.807, 2.05) is 13.0 Å². The van der Waals surface area contributed by atoms with Crippen molar-refractivity contribution in [3.05, 3.63) is 46.7 Å². The van der Waals surface area contributed by atoms with E-state index in [9.17, 15) is 4.79 Å². The van der Waals surface area contributed by atoms with Crippen molar-refractivity contribution in [3.63, 3.8) is 0 Å². The minimum absolute atomic E-state index is 0.229. The van der Waals surface area contributed by atoms with Crippen LogP contribution in [0.5, 0.6) is 0 Å². The lowest BCUT2D eigenvalue weighted by molar-refractivity contribution is 0.0695. The van der Waals surface area contributed by atoms with E-state index >= 15 is 0 Å². The molecule has 0 spiro atoms. The Kier molecular flexibility index (Phi) is 3.15. The first-order valence-electron chi connectivity index (χ1n) is 5.19. The minimum Gasteiger partial charge on any atom is -0.478 e. The number of benzene rings is 1. The number of carboxylic acids is 1. The Balaban J connectivity index is 2.56.